The van der Waals surface area contributed by atoms with E-state index in [1.165, 1.54) is 30.4 Å². The van der Waals surface area contributed by atoms with Crippen molar-refractivity contribution in [1.82, 2.24) is 0 Å². The standard InChI is InChI=1S/C13H20N2.CHN/c14-10-11-4-6-12(7-5-11)13(15)8-2-1-3-9-13;1-2/h4-7H,1-3,8-10,14-15H2;1H. The van der Waals surface area contributed by atoms with Gasteiger partial charge in [-0.1, -0.05) is 43.5 Å². The molecule has 92 valence electrons. The van der Waals surface area contributed by atoms with Gasteiger partial charge in [-0.2, -0.15) is 0 Å². The lowest BCUT2D eigenvalue weighted by atomic mass is 9.77. The lowest BCUT2D eigenvalue weighted by Crippen LogP contribution is -2.38. The lowest BCUT2D eigenvalue weighted by molar-refractivity contribution is 0.302. The Morgan fingerprint density at radius 2 is 1.59 bits per heavy atom. The van der Waals surface area contributed by atoms with Crippen LogP contribution in [-0.4, -0.2) is 0 Å². The van der Waals surface area contributed by atoms with E-state index in [0.717, 1.165) is 12.8 Å². The van der Waals surface area contributed by atoms with Gasteiger partial charge in [0.1, 0.15) is 0 Å². The van der Waals surface area contributed by atoms with Gasteiger partial charge in [0.25, 0.3) is 0 Å². The zero-order valence-electron chi connectivity index (χ0n) is 10.2. The largest absolute Gasteiger partial charge is 0.326 e. The fraction of sp³-hybridized carbons (Fsp3) is 0.500. The first-order chi connectivity index (χ1) is 8.24. The fourth-order valence-electron chi connectivity index (χ4n) is 2.44. The molecule has 1 aliphatic rings. The summed E-state index contributed by atoms with van der Waals surface area (Å²) in [6.45, 7) is 4.11. The molecule has 1 aliphatic carbocycles. The van der Waals surface area contributed by atoms with E-state index in [0.29, 0.717) is 6.54 Å². The molecule has 1 aromatic rings. The van der Waals surface area contributed by atoms with Crippen LogP contribution in [0.5, 0.6) is 0 Å². The van der Waals surface area contributed by atoms with Crippen molar-refractivity contribution in [3.63, 3.8) is 0 Å². The molecule has 1 saturated carbocycles. The molecule has 0 unspecified atom stereocenters. The van der Waals surface area contributed by atoms with Crippen LogP contribution in [0, 0.1) is 11.8 Å². The Kier molecular flexibility index (Phi) is 5.14. The number of nitrogens with two attached hydrogens (primary N) is 2. The molecule has 4 N–H and O–H groups in total. The monoisotopic (exact) mass is 231 g/mol. The summed E-state index contributed by atoms with van der Waals surface area (Å²) in [6.07, 6.45) is 6.09. The van der Waals surface area contributed by atoms with Gasteiger partial charge in [0.15, 0.2) is 0 Å². The van der Waals surface area contributed by atoms with E-state index in [9.17, 15) is 0 Å². The van der Waals surface area contributed by atoms with Gasteiger partial charge in [-0.25, -0.2) is 5.26 Å². The smallest absolute Gasteiger partial charge is 0.0462 e. The minimum Gasteiger partial charge on any atom is -0.326 e. The van der Waals surface area contributed by atoms with Gasteiger partial charge in [-0.15, -0.1) is 0 Å². The summed E-state index contributed by atoms with van der Waals surface area (Å²) in [5, 5.41) is 6.50. The van der Waals surface area contributed by atoms with Crippen molar-refractivity contribution >= 4 is 0 Å². The topological polar surface area (TPSA) is 75.8 Å². The summed E-state index contributed by atoms with van der Waals surface area (Å²) in [5.74, 6) is 0. The molecule has 0 spiro atoms. The van der Waals surface area contributed by atoms with Crippen LogP contribution < -0.4 is 11.5 Å². The second-order valence-corrected chi connectivity index (χ2v) is 4.62. The van der Waals surface area contributed by atoms with Gasteiger partial charge in [0.05, 0.1) is 0 Å². The maximum absolute atomic E-state index is 6.50. The van der Waals surface area contributed by atoms with E-state index >= 15 is 0 Å². The van der Waals surface area contributed by atoms with Crippen LogP contribution in [0.15, 0.2) is 24.3 Å². The van der Waals surface area contributed by atoms with E-state index in [1.807, 2.05) is 0 Å². The molecule has 1 fully saturated rings. The maximum Gasteiger partial charge on any atom is 0.0462 e. The molecule has 2 rings (SSSR count). The highest BCUT2D eigenvalue weighted by Gasteiger charge is 2.28. The van der Waals surface area contributed by atoms with Crippen molar-refractivity contribution in [2.45, 2.75) is 44.2 Å². The summed E-state index contributed by atoms with van der Waals surface area (Å²) < 4.78 is 0. The Labute approximate surface area is 103 Å². The molecule has 0 saturated heterocycles. The first kappa shape index (κ1) is 13.7. The Morgan fingerprint density at radius 3 is 2.06 bits per heavy atom. The summed E-state index contributed by atoms with van der Waals surface area (Å²) in [6, 6.07) is 8.48. The average molecular weight is 231 g/mol. The third-order valence-corrected chi connectivity index (χ3v) is 3.51. The fourth-order valence-corrected chi connectivity index (χ4v) is 2.44. The van der Waals surface area contributed by atoms with Crippen molar-refractivity contribution in [2.24, 2.45) is 11.5 Å². The summed E-state index contributed by atoms with van der Waals surface area (Å²) in [5.41, 5.74) is 14.4. The predicted octanol–water partition coefficient (Wildman–Crippen LogP) is 2.40. The molecule has 0 amide bonds. The molecule has 0 radical (unpaired) electrons. The maximum atomic E-state index is 6.50. The average Bonchev–Trinajstić information content (AvgIpc) is 2.42. The van der Waals surface area contributed by atoms with E-state index in [-0.39, 0.29) is 5.54 Å². The number of rotatable bonds is 2. The van der Waals surface area contributed by atoms with Gasteiger partial charge in [-0.3, -0.25) is 0 Å². The number of nitriles is 1. The van der Waals surface area contributed by atoms with E-state index in [4.69, 9.17) is 16.7 Å². The highest BCUT2D eigenvalue weighted by molar-refractivity contribution is 5.28. The molecule has 3 nitrogen and oxygen atoms in total. The van der Waals surface area contributed by atoms with E-state index < -0.39 is 0 Å². The van der Waals surface area contributed by atoms with E-state index in [1.54, 1.807) is 0 Å². The van der Waals surface area contributed by atoms with Crippen molar-refractivity contribution in [3.8, 4) is 6.57 Å². The summed E-state index contributed by atoms with van der Waals surface area (Å²) in [7, 11) is 0. The van der Waals surface area contributed by atoms with Gasteiger partial charge >= 0.3 is 0 Å². The van der Waals surface area contributed by atoms with Gasteiger partial charge in [0, 0.05) is 18.7 Å². The quantitative estimate of drug-likeness (QED) is 0.820. The molecule has 17 heavy (non-hydrogen) atoms. The Balaban J connectivity index is 0.000000686. The van der Waals surface area contributed by atoms with Crippen LogP contribution in [0.1, 0.15) is 43.2 Å². The van der Waals surface area contributed by atoms with Gasteiger partial charge < -0.3 is 11.5 Å². The first-order valence-electron chi connectivity index (χ1n) is 6.09. The first-order valence-corrected chi connectivity index (χ1v) is 6.09. The molecule has 0 aliphatic heterocycles. The van der Waals surface area contributed by atoms with Crippen LogP contribution in [0.3, 0.4) is 0 Å². The zero-order valence-corrected chi connectivity index (χ0v) is 10.2. The second kappa shape index (κ2) is 6.39. The third-order valence-electron chi connectivity index (χ3n) is 3.51. The predicted molar refractivity (Wildman–Crippen MR) is 70.0 cm³/mol. The van der Waals surface area contributed by atoms with Crippen LogP contribution in [-0.2, 0) is 12.1 Å². The zero-order chi connectivity index (χ0) is 12.7. The highest BCUT2D eigenvalue weighted by atomic mass is 14.7. The lowest BCUT2D eigenvalue weighted by Gasteiger charge is -2.34. The molecule has 0 atom stereocenters. The molecule has 0 bridgehead atoms. The molecule has 0 heterocycles. The minimum absolute atomic E-state index is 0.0780. The highest BCUT2D eigenvalue weighted by Crippen LogP contribution is 2.34. The van der Waals surface area contributed by atoms with Gasteiger partial charge in [0.2, 0.25) is 0 Å². The third kappa shape index (κ3) is 3.29. The number of hydrogen-bond donors (Lipinski definition) is 2. The minimum atomic E-state index is -0.0780. The van der Waals surface area contributed by atoms with Crippen molar-refractivity contribution in [1.29, 1.82) is 5.26 Å². The van der Waals surface area contributed by atoms with Crippen molar-refractivity contribution < 1.29 is 0 Å². The second-order valence-electron chi connectivity index (χ2n) is 4.62. The molecule has 3 heteroatoms. The van der Waals surface area contributed by atoms with Crippen LogP contribution in [0.25, 0.3) is 0 Å². The molecular weight excluding hydrogens is 210 g/mol. The van der Waals surface area contributed by atoms with Crippen molar-refractivity contribution in [2.75, 3.05) is 0 Å². The Bertz CT molecular complexity index is 347. The van der Waals surface area contributed by atoms with Crippen molar-refractivity contribution in [3.05, 3.63) is 35.4 Å². The number of benzene rings is 1. The SMILES string of the molecule is C#N.NCc1ccc(C2(N)CCCCC2)cc1. The van der Waals surface area contributed by atoms with Crippen LogP contribution >= 0.6 is 0 Å². The van der Waals surface area contributed by atoms with Gasteiger partial charge in [-0.05, 0) is 24.0 Å². The summed E-state index contributed by atoms with van der Waals surface area (Å²) in [4.78, 5) is 0. The van der Waals surface area contributed by atoms with E-state index in [2.05, 4.69) is 30.8 Å². The molecule has 1 aromatic carbocycles. The number of nitrogens with zero attached hydrogens (tertiary/aromatic N) is 1. The Morgan fingerprint density at radius 1 is 1.06 bits per heavy atom. The normalized spacial score (nSPS) is 17.9. The molecule has 0 aromatic heterocycles. The molecular formula is C14H21N3. The van der Waals surface area contributed by atoms with Crippen LogP contribution in [0.2, 0.25) is 0 Å². The van der Waals surface area contributed by atoms with Crippen LogP contribution in [0.4, 0.5) is 0 Å². The number of hydrogen-bond acceptors (Lipinski definition) is 3. The summed E-state index contributed by atoms with van der Waals surface area (Å²) >= 11 is 0. The Hall–Kier alpha value is -1.37.